The molecule has 6 atom stereocenters. The predicted octanol–water partition coefficient (Wildman–Crippen LogP) is 38.5. The van der Waals surface area contributed by atoms with E-state index in [0.29, 0.717) is 35.5 Å². The van der Waals surface area contributed by atoms with E-state index in [1.54, 1.807) is 0 Å². The van der Waals surface area contributed by atoms with Gasteiger partial charge in [-0.15, -0.1) is 0 Å². The van der Waals surface area contributed by atoms with Crippen LogP contribution in [-0.2, 0) is 66.7 Å². The molecule has 0 amide bonds. The second kappa shape index (κ2) is 62.7. The quantitative estimate of drug-likeness (QED) is 0.0478. The molecule has 812 valence electrons. The molecule has 10 rings (SSSR count). The number of fused-ring (bicyclic) bond motifs is 4. The number of rotatable bonds is 25. The van der Waals surface area contributed by atoms with Gasteiger partial charge in [-0.1, -0.05) is 257 Å². The van der Waals surface area contributed by atoms with E-state index >= 15 is 0 Å². The number of carbonyl (C=O) groups is 7. The number of esters is 7. The van der Waals surface area contributed by atoms with Gasteiger partial charge in [0.1, 0.15) is 39.2 Å². The second-order valence-electron chi connectivity index (χ2n) is 47.4. The molecule has 0 aromatic rings. The van der Waals surface area contributed by atoms with Gasteiger partial charge in [0, 0.05) is 5.41 Å². The lowest BCUT2D eigenvalue weighted by molar-refractivity contribution is -0.187. The summed E-state index contributed by atoms with van der Waals surface area (Å²) in [6, 6.07) is 0. The van der Waals surface area contributed by atoms with E-state index in [2.05, 4.69) is 96.9 Å². The Labute approximate surface area is 841 Å². The monoisotopic (exact) mass is 1910 g/mol. The van der Waals surface area contributed by atoms with Crippen LogP contribution in [0, 0.1) is 90.2 Å². The molecule has 0 N–H and O–H groups in total. The zero-order chi connectivity index (χ0) is 91.4. The van der Waals surface area contributed by atoms with Gasteiger partial charge in [0.2, 0.25) is 0 Å². The minimum absolute atomic E-state index is 0. The maximum Gasteiger partial charge on any atom is 0.312 e. The maximum atomic E-state index is 12.8. The molecule has 0 aliphatic heterocycles. The van der Waals surface area contributed by atoms with Gasteiger partial charge in [0.05, 0.1) is 37.9 Å². The zero-order valence-corrected chi connectivity index (χ0v) is 84.7. The van der Waals surface area contributed by atoms with Crippen LogP contribution in [-0.4, -0.2) is 81.0 Å². The lowest BCUT2D eigenvalue weighted by Gasteiger charge is -2.47. The van der Waals surface area contributed by atoms with Crippen molar-refractivity contribution in [1.29, 1.82) is 0 Å². The van der Waals surface area contributed by atoms with Crippen LogP contribution in [0.1, 0.15) is 609 Å². The number of carbonyl (C=O) groups excluding carboxylic acids is 7. The van der Waals surface area contributed by atoms with Crippen LogP contribution in [0.2, 0.25) is 0 Å². The van der Waals surface area contributed by atoms with E-state index in [1.165, 1.54) is 193 Å². The molecule has 0 heterocycles. The lowest BCUT2D eigenvalue weighted by atomic mass is 9.65. The Hall–Kier alpha value is -3.71. The molecule has 10 fully saturated rings. The highest BCUT2D eigenvalue weighted by molar-refractivity contribution is 5.79. The molecule has 10 saturated carbocycles. The van der Waals surface area contributed by atoms with Gasteiger partial charge in [-0.05, 0) is 399 Å². The summed E-state index contributed by atoms with van der Waals surface area (Å²) < 4.78 is 41.2. The zero-order valence-electron chi connectivity index (χ0n) is 84.7. The highest BCUT2D eigenvalue weighted by Crippen LogP contribution is 2.71. The summed E-state index contributed by atoms with van der Waals surface area (Å²) in [6.07, 6.45) is 49.9. The van der Waals surface area contributed by atoms with Crippen LogP contribution in [0.25, 0.3) is 0 Å². The third-order valence-corrected chi connectivity index (χ3v) is 34.3. The summed E-state index contributed by atoms with van der Waals surface area (Å²) in [5.74, 6) is 4.17. The summed E-state index contributed by atoms with van der Waals surface area (Å²) in [7, 11) is 0. The van der Waals surface area contributed by atoms with Crippen LogP contribution in [0.15, 0.2) is 0 Å². The summed E-state index contributed by atoms with van der Waals surface area (Å²) in [4.78, 5) is 85.4. The third kappa shape index (κ3) is 41.3. The average molecular weight is 1920 g/mol. The first-order valence-corrected chi connectivity index (χ1v) is 49.8. The molecule has 0 radical (unpaired) electrons. The van der Waals surface area contributed by atoms with Gasteiger partial charge in [0.15, 0.2) is 0 Å². The predicted molar refractivity (Wildman–Crippen MR) is 588 cm³/mol. The van der Waals surface area contributed by atoms with Crippen LogP contribution in [0.3, 0.4) is 0 Å². The average Bonchev–Trinajstić information content (AvgIpc) is 1.53. The van der Waals surface area contributed by atoms with Crippen molar-refractivity contribution in [2.75, 3.05) is 0 Å². The summed E-state index contributed by atoms with van der Waals surface area (Å²) >= 11 is 0. The lowest BCUT2D eigenvalue weighted by Crippen LogP contribution is -2.49. The van der Waals surface area contributed by atoms with Gasteiger partial charge >= 0.3 is 41.8 Å². The topological polar surface area (TPSA) is 184 Å². The van der Waals surface area contributed by atoms with Gasteiger partial charge in [-0.2, -0.15) is 0 Å². The minimum atomic E-state index is -0.370. The molecule has 10 aliphatic carbocycles. The second-order valence-corrected chi connectivity index (χ2v) is 47.4. The van der Waals surface area contributed by atoms with E-state index in [1.807, 2.05) is 132 Å². The third-order valence-electron chi connectivity index (χ3n) is 34.3. The molecule has 134 heavy (non-hydrogen) atoms. The molecule has 0 spiro atoms. The number of hydrogen-bond acceptors (Lipinski definition) is 14. The number of ether oxygens (including phenoxy) is 7. The van der Waals surface area contributed by atoms with Crippen molar-refractivity contribution in [2.24, 2.45) is 90.2 Å². The van der Waals surface area contributed by atoms with Crippen molar-refractivity contribution < 1.29 is 66.7 Å². The Kier molecular flexibility index (Phi) is 71.6. The number of hydrogen-bond donors (Lipinski definition) is 0. The molecule has 10 aliphatic rings. The van der Waals surface area contributed by atoms with Crippen molar-refractivity contribution in [3.63, 3.8) is 0 Å². The van der Waals surface area contributed by atoms with Gasteiger partial charge in [-0.25, -0.2) is 0 Å². The maximum absolute atomic E-state index is 12.8. The molecule has 0 saturated heterocycles. The molecule has 14 nitrogen and oxygen atoms in total. The van der Waals surface area contributed by atoms with Gasteiger partial charge in [0.25, 0.3) is 0 Å². The SMILES string of the molecule is C.C.C.C.C.C.C.C.C.C.C.C.C.C.CCC(C)(C)C(=O)OC(C)(C)C1CCCC1.CCC(C)(C)C(=O)OC(C)(C)C1CCCCC1.CCC(C)(C)C(=O)OC(C)(C1CCCCC1)C1CCCCC1.CCC(C)(C)C(=O)OC1(C)CC2CCC1(C)C2(C)C.CCC(C)(C)C(=O)OC1(C)CC2CCC1C2.CCC(C)(C)C(=O)OC1(C)CCCC1.CCC(C)(C)C(=O)OC1(C)CCCCCC1. The largest absolute Gasteiger partial charge is 0.459 e. The smallest absolute Gasteiger partial charge is 0.312 e. The summed E-state index contributed by atoms with van der Waals surface area (Å²) in [5, 5.41) is 0. The highest BCUT2D eigenvalue weighted by atomic mass is 16.6. The van der Waals surface area contributed by atoms with E-state index in [-0.39, 0.29) is 234 Å². The van der Waals surface area contributed by atoms with Crippen molar-refractivity contribution in [3.8, 4) is 0 Å². The van der Waals surface area contributed by atoms with E-state index < -0.39 is 0 Å². The Morgan fingerprint density at radius 3 is 0.754 bits per heavy atom. The van der Waals surface area contributed by atoms with Gasteiger partial charge in [-0.3, -0.25) is 33.6 Å². The molecule has 14 heteroatoms. The first-order valence-electron chi connectivity index (χ1n) is 49.8. The van der Waals surface area contributed by atoms with Crippen molar-refractivity contribution >= 4 is 41.8 Å². The van der Waals surface area contributed by atoms with Gasteiger partial charge < -0.3 is 33.2 Å². The molecule has 0 aromatic heterocycles. The standard InChI is InChI=1S/C20H36O2.C17H30O2.C15H28O2.C14H24O2.2C14H26O2.C12H22O2.14CH4/c1-5-19(2,3)18(21)22-20(4,16-12-8-6-9-13-16)17-14-10-7-11-15-17;1-8-14(2,3)13(18)19-17(7)11-12-9-10-16(17,6)15(12,4)5;1-6-14(2,3)13(16)17-15(4,5)12-10-8-7-9-11-12;1-5-13(2,3)12(15)16-14(4)9-10-6-7-11(14)8-10;1-6-13(2,3)12(15)16-14(4,5)11-9-7-8-10-11;1-5-13(2,3)12(15)16-14(4)10-8-6-7-9-11-14;1-5-11(2,3)10(13)14-12(4)8-6-7-9-12;;;;;;;;;;;;;;/h16-17H,5-15H2,1-4H3;12H,8-11H2,1-7H3;12H,6-11H2,1-5H3;10-11H,5-9H2,1-4H3;11H,6-10H2,1-5H3;5-11H2,1-4H3;5-9H2,1-4H3;14*1H4. The molecule has 0 aromatic carbocycles. The van der Waals surface area contributed by atoms with E-state index in [4.69, 9.17) is 33.2 Å². The van der Waals surface area contributed by atoms with E-state index in [0.717, 1.165) is 89.4 Å². The van der Waals surface area contributed by atoms with Crippen LogP contribution in [0.5, 0.6) is 0 Å². The Balaban J connectivity index is -0.000000144. The van der Waals surface area contributed by atoms with Crippen molar-refractivity contribution in [3.05, 3.63) is 0 Å². The summed E-state index contributed by atoms with van der Waals surface area (Å²) in [5.41, 5.74) is -3.70. The fourth-order valence-electron chi connectivity index (χ4n) is 20.2. The Bertz CT molecular complexity index is 3130. The molecular formula is C120H248O14. The first-order chi connectivity index (χ1) is 55.2. The van der Waals surface area contributed by atoms with Crippen molar-refractivity contribution in [1.82, 2.24) is 0 Å². The normalized spacial score (nSPS) is 23.3. The van der Waals surface area contributed by atoms with Crippen LogP contribution >= 0.6 is 0 Å². The highest BCUT2D eigenvalue weighted by Gasteiger charge is 2.69. The molecule has 6 unspecified atom stereocenters. The Morgan fingerprint density at radius 1 is 0.254 bits per heavy atom. The Morgan fingerprint density at radius 2 is 0.500 bits per heavy atom. The minimum Gasteiger partial charge on any atom is -0.459 e. The first kappa shape index (κ1) is 153. The summed E-state index contributed by atoms with van der Waals surface area (Å²) in [6.45, 7) is 68.0. The van der Waals surface area contributed by atoms with Crippen LogP contribution < -0.4 is 0 Å². The fourth-order valence-corrected chi connectivity index (χ4v) is 20.2. The fraction of sp³-hybridized carbons (Fsp3) is 0.942. The van der Waals surface area contributed by atoms with Crippen LogP contribution in [0.4, 0.5) is 0 Å². The molecular weight excluding hydrogens is 1670 g/mol. The van der Waals surface area contributed by atoms with Crippen molar-refractivity contribution in [2.45, 2.75) is 648 Å². The van der Waals surface area contributed by atoms with E-state index in [9.17, 15) is 33.6 Å². The molecule has 4 bridgehead atoms.